The normalized spacial score (nSPS) is 31.9. The largest absolute Gasteiger partial charge is 0.389 e. The van der Waals surface area contributed by atoms with Crippen LogP contribution < -0.4 is 0 Å². The molecule has 1 aliphatic rings. The molecule has 1 N–H and O–H groups in total. The van der Waals surface area contributed by atoms with E-state index in [-0.39, 0.29) is 18.0 Å². The average Bonchev–Trinajstić information content (AvgIpc) is 2.35. The predicted octanol–water partition coefficient (Wildman–Crippen LogP) is 2.04. The van der Waals surface area contributed by atoms with Gasteiger partial charge in [0.25, 0.3) is 0 Å². The van der Waals surface area contributed by atoms with Gasteiger partial charge in [0.15, 0.2) is 0 Å². The van der Waals surface area contributed by atoms with Crippen molar-refractivity contribution in [3.05, 3.63) is 35.6 Å². The summed E-state index contributed by atoms with van der Waals surface area (Å²) < 4.78 is 13.6. The number of benzene rings is 1. The Morgan fingerprint density at radius 1 is 1.27 bits per heavy atom. The van der Waals surface area contributed by atoms with E-state index < -0.39 is 35.0 Å². The van der Waals surface area contributed by atoms with Crippen LogP contribution in [0.3, 0.4) is 0 Å². The lowest BCUT2D eigenvalue weighted by Crippen LogP contribution is -2.53. The zero-order valence-electron chi connectivity index (χ0n) is 12.8. The van der Waals surface area contributed by atoms with Gasteiger partial charge in [-0.2, -0.15) is 0 Å². The van der Waals surface area contributed by atoms with E-state index >= 15 is 0 Å². The molecule has 5 heteroatoms. The van der Waals surface area contributed by atoms with Gasteiger partial charge in [0, 0.05) is 12.3 Å². The minimum absolute atomic E-state index is 0.257. The molecule has 0 amide bonds. The molecule has 118 valence electrons. The van der Waals surface area contributed by atoms with Gasteiger partial charge >= 0.3 is 0 Å². The first-order valence-electron chi connectivity index (χ1n) is 7.16. The Balaban J connectivity index is 2.64. The summed E-state index contributed by atoms with van der Waals surface area (Å²) in [6.07, 6.45) is -0.257. The molecule has 4 atom stereocenters. The van der Waals surface area contributed by atoms with Gasteiger partial charge in [-0.05, 0) is 38.5 Å². The standard InChI is InChI=1S/C17H19FO4/c1-9(19)14-13(21)8-17(3,22)16(10(2)20)15(14)11-5-4-6-12(18)7-11/h4-7,14-16,22H,8H2,1-3H3/t14-,15-,16-,17-/m1/s1. The molecule has 4 nitrogen and oxygen atoms in total. The van der Waals surface area contributed by atoms with E-state index in [0.717, 1.165) is 0 Å². The maximum atomic E-state index is 13.6. The molecule has 0 aromatic heterocycles. The molecule has 0 spiro atoms. The first kappa shape index (κ1) is 16.5. The van der Waals surface area contributed by atoms with Crippen molar-refractivity contribution in [1.29, 1.82) is 0 Å². The van der Waals surface area contributed by atoms with Crippen molar-refractivity contribution in [1.82, 2.24) is 0 Å². The van der Waals surface area contributed by atoms with Crippen LogP contribution in [-0.4, -0.2) is 28.1 Å². The molecule has 1 saturated carbocycles. The van der Waals surface area contributed by atoms with Gasteiger partial charge in [0.05, 0.1) is 17.4 Å². The average molecular weight is 306 g/mol. The Hall–Kier alpha value is -1.88. The smallest absolute Gasteiger partial charge is 0.146 e. The number of carbonyl (C=O) groups excluding carboxylic acids is 3. The van der Waals surface area contributed by atoms with E-state index in [1.54, 1.807) is 6.07 Å². The Labute approximate surface area is 128 Å². The number of carbonyl (C=O) groups is 3. The van der Waals surface area contributed by atoms with Crippen LogP contribution in [0.5, 0.6) is 0 Å². The fourth-order valence-corrected chi connectivity index (χ4v) is 3.62. The molecule has 1 aromatic carbocycles. The number of hydrogen-bond acceptors (Lipinski definition) is 4. The molecule has 1 fully saturated rings. The third-order valence-corrected chi connectivity index (χ3v) is 4.38. The summed E-state index contributed by atoms with van der Waals surface area (Å²) in [7, 11) is 0. The Bertz CT molecular complexity index is 635. The molecule has 1 aromatic rings. The van der Waals surface area contributed by atoms with Crippen molar-refractivity contribution in [2.45, 2.75) is 38.7 Å². The topological polar surface area (TPSA) is 71.4 Å². The first-order chi connectivity index (χ1) is 10.1. The Morgan fingerprint density at radius 2 is 1.91 bits per heavy atom. The number of hydrogen-bond donors (Lipinski definition) is 1. The summed E-state index contributed by atoms with van der Waals surface area (Å²) in [6, 6.07) is 5.50. The van der Waals surface area contributed by atoms with Crippen LogP contribution in [-0.2, 0) is 14.4 Å². The Morgan fingerprint density at radius 3 is 2.41 bits per heavy atom. The molecule has 2 rings (SSSR count). The highest BCUT2D eigenvalue weighted by molar-refractivity contribution is 6.05. The van der Waals surface area contributed by atoms with E-state index in [2.05, 4.69) is 0 Å². The highest BCUT2D eigenvalue weighted by Gasteiger charge is 2.53. The van der Waals surface area contributed by atoms with E-state index in [9.17, 15) is 23.9 Å². The summed E-state index contributed by atoms with van der Waals surface area (Å²) in [5.41, 5.74) is -1.17. The van der Waals surface area contributed by atoms with Crippen LogP contribution in [0.15, 0.2) is 24.3 Å². The second-order valence-electron chi connectivity index (χ2n) is 6.26. The van der Waals surface area contributed by atoms with Gasteiger partial charge < -0.3 is 5.11 Å². The van der Waals surface area contributed by atoms with Crippen molar-refractivity contribution >= 4 is 17.3 Å². The lowest BCUT2D eigenvalue weighted by molar-refractivity contribution is -0.151. The van der Waals surface area contributed by atoms with Crippen molar-refractivity contribution in [2.24, 2.45) is 11.8 Å². The molecular weight excluding hydrogens is 287 g/mol. The van der Waals surface area contributed by atoms with E-state index in [4.69, 9.17) is 0 Å². The lowest BCUT2D eigenvalue weighted by Gasteiger charge is -2.44. The summed E-state index contributed by atoms with van der Waals surface area (Å²) >= 11 is 0. The van der Waals surface area contributed by atoms with E-state index in [1.807, 2.05) is 0 Å². The maximum Gasteiger partial charge on any atom is 0.146 e. The van der Waals surface area contributed by atoms with Crippen LogP contribution in [0.2, 0.25) is 0 Å². The van der Waals surface area contributed by atoms with Gasteiger partial charge in [0.2, 0.25) is 0 Å². The van der Waals surface area contributed by atoms with Crippen molar-refractivity contribution in [2.75, 3.05) is 0 Å². The van der Waals surface area contributed by atoms with Crippen LogP contribution in [0.1, 0.15) is 38.7 Å². The molecule has 0 aliphatic heterocycles. The number of aliphatic hydroxyl groups is 1. The zero-order valence-corrected chi connectivity index (χ0v) is 12.8. The first-order valence-corrected chi connectivity index (χ1v) is 7.16. The molecule has 0 bridgehead atoms. The number of rotatable bonds is 3. The van der Waals surface area contributed by atoms with Crippen LogP contribution in [0.25, 0.3) is 0 Å². The van der Waals surface area contributed by atoms with Crippen LogP contribution in [0.4, 0.5) is 4.39 Å². The highest BCUT2D eigenvalue weighted by Crippen LogP contribution is 2.46. The molecule has 0 saturated heterocycles. The van der Waals surface area contributed by atoms with E-state index in [1.165, 1.54) is 39.0 Å². The van der Waals surface area contributed by atoms with Gasteiger partial charge in [-0.1, -0.05) is 12.1 Å². The van der Waals surface area contributed by atoms with Gasteiger partial charge in [-0.15, -0.1) is 0 Å². The molecule has 0 radical (unpaired) electrons. The molecule has 0 heterocycles. The van der Waals surface area contributed by atoms with E-state index in [0.29, 0.717) is 5.56 Å². The molecule has 0 unspecified atom stereocenters. The number of Topliss-reactive ketones (excluding diaryl/α,β-unsaturated/α-hetero) is 3. The lowest BCUT2D eigenvalue weighted by atomic mass is 9.60. The monoisotopic (exact) mass is 306 g/mol. The van der Waals surface area contributed by atoms with Crippen molar-refractivity contribution in [3.63, 3.8) is 0 Å². The SMILES string of the molecule is CC(=O)[C@@H]1C(=O)C[C@@](C)(O)[C@H](C(C)=O)[C@@H]1c1cccc(F)c1. The number of halogens is 1. The summed E-state index contributed by atoms with van der Waals surface area (Å²) in [4.78, 5) is 36.3. The van der Waals surface area contributed by atoms with Crippen LogP contribution in [0, 0.1) is 17.7 Å². The third kappa shape index (κ3) is 2.86. The summed E-state index contributed by atoms with van der Waals surface area (Å²) in [5.74, 6) is -4.43. The van der Waals surface area contributed by atoms with Crippen molar-refractivity contribution < 1.29 is 23.9 Å². The predicted molar refractivity (Wildman–Crippen MR) is 77.7 cm³/mol. The molecular formula is C17H19FO4. The quantitative estimate of drug-likeness (QED) is 0.868. The van der Waals surface area contributed by atoms with Gasteiger partial charge in [-0.25, -0.2) is 4.39 Å². The highest BCUT2D eigenvalue weighted by atomic mass is 19.1. The minimum Gasteiger partial charge on any atom is -0.389 e. The number of ketones is 3. The van der Waals surface area contributed by atoms with Crippen molar-refractivity contribution in [3.8, 4) is 0 Å². The van der Waals surface area contributed by atoms with Crippen LogP contribution >= 0.6 is 0 Å². The fourth-order valence-electron chi connectivity index (χ4n) is 3.62. The third-order valence-electron chi connectivity index (χ3n) is 4.38. The zero-order chi connectivity index (χ0) is 16.7. The summed E-state index contributed by atoms with van der Waals surface area (Å²) in [5, 5.41) is 10.5. The minimum atomic E-state index is -1.55. The fraction of sp³-hybridized carbons (Fsp3) is 0.471. The Kier molecular flexibility index (Phi) is 4.29. The summed E-state index contributed by atoms with van der Waals surface area (Å²) in [6.45, 7) is 4.02. The van der Waals surface area contributed by atoms with Gasteiger partial charge in [0.1, 0.15) is 23.2 Å². The van der Waals surface area contributed by atoms with Gasteiger partial charge in [-0.3, -0.25) is 14.4 Å². The molecule has 22 heavy (non-hydrogen) atoms. The maximum absolute atomic E-state index is 13.6. The second-order valence-corrected chi connectivity index (χ2v) is 6.26. The second kappa shape index (κ2) is 5.72. The molecule has 1 aliphatic carbocycles.